The zero-order valence-electron chi connectivity index (χ0n) is 14.4. The summed E-state index contributed by atoms with van der Waals surface area (Å²) in [6.45, 7) is 0.698. The van der Waals surface area contributed by atoms with Crippen LogP contribution in [0.3, 0.4) is 0 Å². The molecule has 5 nitrogen and oxygen atoms in total. The van der Waals surface area contributed by atoms with Gasteiger partial charge in [0.05, 0.1) is 5.56 Å². The van der Waals surface area contributed by atoms with Gasteiger partial charge < -0.3 is 16.0 Å². The van der Waals surface area contributed by atoms with E-state index in [4.69, 9.17) is 5.73 Å². The van der Waals surface area contributed by atoms with Crippen LogP contribution in [-0.4, -0.2) is 23.4 Å². The van der Waals surface area contributed by atoms with Gasteiger partial charge in [0.1, 0.15) is 0 Å². The number of aromatic nitrogens is 1. The number of H-pyrrole nitrogens is 1. The highest BCUT2D eigenvalue weighted by molar-refractivity contribution is 6.10. The van der Waals surface area contributed by atoms with Gasteiger partial charge in [0, 0.05) is 23.6 Å². The van der Waals surface area contributed by atoms with E-state index in [1.807, 2.05) is 30.3 Å². The number of hydrogen-bond donors (Lipinski definition) is 3. The number of nitrogens with one attached hydrogen (secondary N) is 2. The molecule has 0 atom stereocenters. The number of para-hydroxylation sites is 1. The third kappa shape index (κ3) is 5.10. The van der Waals surface area contributed by atoms with E-state index < -0.39 is 0 Å². The molecule has 1 amide bonds. The number of carbonyl (C=O) groups excluding carboxylic acids is 1. The fourth-order valence-corrected chi connectivity index (χ4v) is 2.77. The molecule has 0 saturated heterocycles. The Morgan fingerprint density at radius 2 is 1.77 bits per heavy atom. The molecule has 1 aromatic heterocycles. The lowest BCUT2D eigenvalue weighted by atomic mass is 10.1. The van der Waals surface area contributed by atoms with Gasteiger partial charge in [-0.2, -0.15) is 4.99 Å². The van der Waals surface area contributed by atoms with Crippen molar-refractivity contribution >= 4 is 35.2 Å². The lowest BCUT2D eigenvalue weighted by Gasteiger charge is -2.05. The molecule has 0 aliphatic rings. The van der Waals surface area contributed by atoms with E-state index in [1.165, 1.54) is 5.56 Å². The van der Waals surface area contributed by atoms with Crippen molar-refractivity contribution in [2.24, 2.45) is 10.7 Å². The van der Waals surface area contributed by atoms with E-state index in [-0.39, 0.29) is 24.3 Å². The summed E-state index contributed by atoms with van der Waals surface area (Å²) in [4.78, 5) is 19.3. The van der Waals surface area contributed by atoms with Crippen molar-refractivity contribution in [1.29, 1.82) is 0 Å². The number of benzene rings is 2. The Morgan fingerprint density at radius 1 is 1.04 bits per heavy atom. The van der Waals surface area contributed by atoms with Gasteiger partial charge in [-0.25, -0.2) is 0 Å². The average Bonchev–Trinajstić information content (AvgIpc) is 3.06. The number of nitrogens with two attached hydrogens (primary N) is 1. The Kier molecular flexibility index (Phi) is 7.24. The van der Waals surface area contributed by atoms with Crippen LogP contribution in [0.5, 0.6) is 0 Å². The van der Waals surface area contributed by atoms with Crippen molar-refractivity contribution in [3.63, 3.8) is 0 Å². The minimum Gasteiger partial charge on any atom is -0.370 e. The number of guanidine groups is 1. The lowest BCUT2D eigenvalue weighted by molar-refractivity contribution is 0.100. The summed E-state index contributed by atoms with van der Waals surface area (Å²) in [6.07, 6.45) is 4.73. The summed E-state index contributed by atoms with van der Waals surface area (Å²) in [5.74, 6) is -0.179. The number of amides is 1. The van der Waals surface area contributed by atoms with Crippen LogP contribution >= 0.6 is 12.4 Å². The van der Waals surface area contributed by atoms with Crippen LogP contribution in [0.25, 0.3) is 10.9 Å². The normalized spacial score (nSPS) is 11.2. The number of unbranched alkanes of at least 4 members (excludes halogenated alkanes) is 1. The van der Waals surface area contributed by atoms with Gasteiger partial charge in [-0.15, -0.1) is 12.4 Å². The molecule has 0 bridgehead atoms. The second kappa shape index (κ2) is 9.63. The summed E-state index contributed by atoms with van der Waals surface area (Å²) in [6, 6.07) is 18.0. The van der Waals surface area contributed by atoms with E-state index >= 15 is 0 Å². The summed E-state index contributed by atoms with van der Waals surface area (Å²) in [5.41, 5.74) is 8.60. The Hall–Kier alpha value is -2.79. The van der Waals surface area contributed by atoms with Crippen molar-refractivity contribution in [1.82, 2.24) is 10.3 Å². The van der Waals surface area contributed by atoms with Gasteiger partial charge in [-0.05, 0) is 30.9 Å². The molecule has 0 fully saturated rings. The molecule has 0 aliphatic carbocycles. The van der Waals surface area contributed by atoms with Gasteiger partial charge in [0.15, 0.2) is 5.96 Å². The van der Waals surface area contributed by atoms with Gasteiger partial charge in [0.25, 0.3) is 5.91 Å². The van der Waals surface area contributed by atoms with Gasteiger partial charge in [-0.3, -0.25) is 4.79 Å². The Labute approximate surface area is 159 Å². The maximum Gasteiger partial charge on any atom is 0.282 e. The predicted octanol–water partition coefficient (Wildman–Crippen LogP) is 3.66. The number of rotatable bonds is 6. The molecule has 1 heterocycles. The standard InChI is InChI=1S/C20H22N4O.ClH/c21-20(22-13-7-6-10-15-8-2-1-3-9-15)24-19(25)17-14-23-18-12-5-4-11-16(17)18;/h1-5,8-9,11-12,14,23H,6-7,10,13H2,(H3,21,22,24,25);1H. The van der Waals surface area contributed by atoms with Crippen molar-refractivity contribution < 1.29 is 4.79 Å². The SMILES string of the molecule is Cl.NC(=NC(=O)c1c[nH]c2ccccc12)NCCCCc1ccccc1. The van der Waals surface area contributed by atoms with Crippen LogP contribution in [0.15, 0.2) is 65.8 Å². The van der Waals surface area contributed by atoms with Crippen LogP contribution in [-0.2, 0) is 6.42 Å². The van der Waals surface area contributed by atoms with Gasteiger partial charge in [0.2, 0.25) is 0 Å². The maximum absolute atomic E-state index is 12.3. The first-order valence-corrected chi connectivity index (χ1v) is 8.46. The number of fused-ring (bicyclic) bond motifs is 1. The smallest absolute Gasteiger partial charge is 0.282 e. The van der Waals surface area contributed by atoms with E-state index in [0.717, 1.165) is 30.2 Å². The van der Waals surface area contributed by atoms with Crippen molar-refractivity contribution in [3.8, 4) is 0 Å². The third-order valence-electron chi connectivity index (χ3n) is 4.08. The number of aryl methyl sites for hydroxylation is 1. The van der Waals surface area contributed by atoms with Crippen LogP contribution in [0.1, 0.15) is 28.8 Å². The largest absolute Gasteiger partial charge is 0.370 e. The second-order valence-electron chi connectivity index (χ2n) is 5.92. The zero-order chi connectivity index (χ0) is 17.5. The van der Waals surface area contributed by atoms with E-state index in [9.17, 15) is 4.79 Å². The van der Waals surface area contributed by atoms with Gasteiger partial charge in [-0.1, -0.05) is 48.5 Å². The molecule has 3 aromatic rings. The number of aliphatic imine (C=N–C) groups is 1. The quantitative estimate of drug-likeness (QED) is 0.352. The van der Waals surface area contributed by atoms with Crippen LogP contribution < -0.4 is 11.1 Å². The summed E-state index contributed by atoms with van der Waals surface area (Å²) >= 11 is 0. The summed E-state index contributed by atoms with van der Waals surface area (Å²) in [7, 11) is 0. The number of carbonyl (C=O) groups is 1. The monoisotopic (exact) mass is 370 g/mol. The molecule has 0 radical (unpaired) electrons. The van der Waals surface area contributed by atoms with Crippen molar-refractivity contribution in [2.75, 3.05) is 6.54 Å². The molecule has 0 spiro atoms. The first-order chi connectivity index (χ1) is 12.2. The maximum atomic E-state index is 12.3. The third-order valence-corrected chi connectivity index (χ3v) is 4.08. The Bertz CT molecular complexity index is 874. The number of hydrogen-bond acceptors (Lipinski definition) is 1. The average molecular weight is 371 g/mol. The lowest BCUT2D eigenvalue weighted by Crippen LogP contribution is -2.33. The van der Waals surface area contributed by atoms with Crippen molar-refractivity contribution in [2.45, 2.75) is 19.3 Å². The highest BCUT2D eigenvalue weighted by atomic mass is 35.5. The molecule has 3 rings (SSSR count). The summed E-state index contributed by atoms with van der Waals surface area (Å²) < 4.78 is 0. The first-order valence-electron chi connectivity index (χ1n) is 8.46. The fourth-order valence-electron chi connectivity index (χ4n) is 2.77. The summed E-state index contributed by atoms with van der Waals surface area (Å²) in [5, 5.41) is 3.86. The zero-order valence-corrected chi connectivity index (χ0v) is 15.3. The first kappa shape index (κ1) is 19.5. The Balaban J connectivity index is 0.00000243. The van der Waals surface area contributed by atoms with E-state index in [2.05, 4.69) is 39.6 Å². The molecule has 136 valence electrons. The molecular weight excluding hydrogens is 348 g/mol. The topological polar surface area (TPSA) is 83.3 Å². The van der Waals surface area contributed by atoms with Gasteiger partial charge >= 0.3 is 0 Å². The molecular formula is C20H23ClN4O. The van der Waals surface area contributed by atoms with E-state index in [0.29, 0.717) is 12.1 Å². The molecule has 0 unspecified atom stereocenters. The molecule has 26 heavy (non-hydrogen) atoms. The highest BCUT2D eigenvalue weighted by Gasteiger charge is 2.11. The number of nitrogens with zero attached hydrogens (tertiary/aromatic N) is 1. The molecule has 4 N–H and O–H groups in total. The van der Waals surface area contributed by atoms with E-state index in [1.54, 1.807) is 6.20 Å². The minimum atomic E-state index is -0.341. The predicted molar refractivity (Wildman–Crippen MR) is 109 cm³/mol. The molecule has 0 saturated carbocycles. The molecule has 2 aromatic carbocycles. The number of aromatic amines is 1. The van der Waals surface area contributed by atoms with Crippen LogP contribution in [0, 0.1) is 0 Å². The number of halogens is 1. The minimum absolute atomic E-state index is 0. The fraction of sp³-hybridized carbons (Fsp3) is 0.200. The molecule has 6 heteroatoms. The highest BCUT2D eigenvalue weighted by Crippen LogP contribution is 2.18. The molecule has 0 aliphatic heterocycles. The van der Waals surface area contributed by atoms with Crippen molar-refractivity contribution in [3.05, 3.63) is 71.9 Å². The Morgan fingerprint density at radius 3 is 2.58 bits per heavy atom. The second-order valence-corrected chi connectivity index (χ2v) is 5.92. The van der Waals surface area contributed by atoms with Crippen LogP contribution in [0.4, 0.5) is 0 Å². The van der Waals surface area contributed by atoms with Crippen LogP contribution in [0.2, 0.25) is 0 Å².